The lowest BCUT2D eigenvalue weighted by atomic mass is 9.87. The van der Waals surface area contributed by atoms with Crippen LogP contribution in [-0.2, 0) is 0 Å². The van der Waals surface area contributed by atoms with E-state index in [1.54, 1.807) is 0 Å². The lowest BCUT2D eigenvalue weighted by Gasteiger charge is -2.34. The van der Waals surface area contributed by atoms with Crippen LogP contribution in [-0.4, -0.2) is 17.1 Å². The van der Waals surface area contributed by atoms with Crippen molar-refractivity contribution < 1.29 is 0 Å². The monoisotopic (exact) mass is 177 g/mol. The summed E-state index contributed by atoms with van der Waals surface area (Å²) in [5.41, 5.74) is 8.09. The molecule has 0 aromatic carbocycles. The minimum Gasteiger partial charge on any atom is -0.381 e. The van der Waals surface area contributed by atoms with Crippen LogP contribution >= 0.6 is 0 Å². The summed E-state index contributed by atoms with van der Waals surface area (Å²) in [6, 6.07) is 2.97. The summed E-state index contributed by atoms with van der Waals surface area (Å²) >= 11 is 0. The van der Waals surface area contributed by atoms with Gasteiger partial charge in [0.25, 0.3) is 0 Å². The van der Waals surface area contributed by atoms with Gasteiger partial charge in [-0.15, -0.1) is 0 Å². The largest absolute Gasteiger partial charge is 0.381 e. The molecule has 0 atom stereocenters. The van der Waals surface area contributed by atoms with Gasteiger partial charge in [0, 0.05) is 18.3 Å². The molecule has 1 heterocycles. The minimum atomic E-state index is 0.398. The summed E-state index contributed by atoms with van der Waals surface area (Å²) in [6.45, 7) is 2.09. The quantitative estimate of drug-likeness (QED) is 0.715. The fourth-order valence-electron chi connectivity index (χ4n) is 1.61. The fraction of sp³-hybridized carbons (Fsp3) is 0.500. The molecule has 70 valence electrons. The SMILES string of the molecule is Cc1ccncc1NC1CC(N)C1. The van der Waals surface area contributed by atoms with E-state index in [4.69, 9.17) is 5.73 Å². The molecule has 0 bridgehead atoms. The molecule has 1 saturated carbocycles. The van der Waals surface area contributed by atoms with Crippen LogP contribution in [0.3, 0.4) is 0 Å². The van der Waals surface area contributed by atoms with Gasteiger partial charge in [-0.3, -0.25) is 4.98 Å². The first-order valence-electron chi connectivity index (χ1n) is 4.68. The van der Waals surface area contributed by atoms with E-state index in [1.807, 2.05) is 18.5 Å². The molecule has 1 aliphatic rings. The van der Waals surface area contributed by atoms with Gasteiger partial charge in [-0.05, 0) is 31.4 Å². The first kappa shape index (κ1) is 8.51. The van der Waals surface area contributed by atoms with E-state index in [-0.39, 0.29) is 0 Å². The predicted octanol–water partition coefficient (Wildman–Crippen LogP) is 1.29. The number of rotatable bonds is 2. The molecule has 3 heteroatoms. The third kappa shape index (κ3) is 1.80. The van der Waals surface area contributed by atoms with E-state index in [9.17, 15) is 0 Å². The van der Waals surface area contributed by atoms with Gasteiger partial charge in [0.15, 0.2) is 0 Å². The van der Waals surface area contributed by atoms with Crippen LogP contribution in [0, 0.1) is 6.92 Å². The maximum Gasteiger partial charge on any atom is 0.0558 e. The molecular weight excluding hydrogens is 162 g/mol. The molecule has 0 aliphatic heterocycles. The molecule has 1 aromatic rings. The van der Waals surface area contributed by atoms with E-state index < -0.39 is 0 Å². The number of nitrogens with one attached hydrogen (secondary N) is 1. The molecule has 0 saturated heterocycles. The number of hydrogen-bond donors (Lipinski definition) is 2. The maximum absolute atomic E-state index is 5.70. The Bertz CT molecular complexity index is 292. The number of anilines is 1. The van der Waals surface area contributed by atoms with Crippen molar-refractivity contribution in [3.63, 3.8) is 0 Å². The maximum atomic E-state index is 5.70. The van der Waals surface area contributed by atoms with Crippen molar-refractivity contribution in [1.82, 2.24) is 4.98 Å². The van der Waals surface area contributed by atoms with Crippen molar-refractivity contribution in [1.29, 1.82) is 0 Å². The molecule has 0 amide bonds. The zero-order valence-corrected chi connectivity index (χ0v) is 7.83. The Morgan fingerprint density at radius 2 is 2.31 bits per heavy atom. The number of pyridine rings is 1. The predicted molar refractivity (Wildman–Crippen MR) is 53.6 cm³/mol. The van der Waals surface area contributed by atoms with Crippen molar-refractivity contribution in [2.24, 2.45) is 5.73 Å². The number of nitrogens with two attached hydrogens (primary N) is 1. The zero-order chi connectivity index (χ0) is 9.26. The van der Waals surface area contributed by atoms with Gasteiger partial charge in [-0.2, -0.15) is 0 Å². The van der Waals surface area contributed by atoms with Gasteiger partial charge in [0.1, 0.15) is 0 Å². The summed E-state index contributed by atoms with van der Waals surface area (Å²) in [5, 5.41) is 3.43. The standard InChI is InChI=1S/C10H15N3/c1-7-2-3-12-6-10(7)13-9-4-8(11)5-9/h2-3,6,8-9,13H,4-5,11H2,1H3. The third-order valence-electron chi connectivity index (χ3n) is 2.57. The molecule has 1 aromatic heterocycles. The molecule has 2 rings (SSSR count). The van der Waals surface area contributed by atoms with Gasteiger partial charge >= 0.3 is 0 Å². The fourth-order valence-corrected chi connectivity index (χ4v) is 1.61. The average Bonchev–Trinajstić information content (AvgIpc) is 2.06. The van der Waals surface area contributed by atoms with E-state index in [0.29, 0.717) is 12.1 Å². The van der Waals surface area contributed by atoms with Gasteiger partial charge in [-0.25, -0.2) is 0 Å². The molecule has 1 fully saturated rings. The van der Waals surface area contributed by atoms with Crippen LogP contribution in [0.2, 0.25) is 0 Å². The zero-order valence-electron chi connectivity index (χ0n) is 7.83. The normalized spacial score (nSPS) is 26.6. The summed E-state index contributed by atoms with van der Waals surface area (Å²) in [5.74, 6) is 0. The van der Waals surface area contributed by atoms with Crippen molar-refractivity contribution in [2.45, 2.75) is 31.8 Å². The minimum absolute atomic E-state index is 0.398. The summed E-state index contributed by atoms with van der Waals surface area (Å²) in [4.78, 5) is 4.08. The average molecular weight is 177 g/mol. The lowest BCUT2D eigenvalue weighted by molar-refractivity contribution is 0.373. The Balaban J connectivity index is 1.98. The first-order chi connectivity index (χ1) is 6.25. The molecule has 13 heavy (non-hydrogen) atoms. The van der Waals surface area contributed by atoms with Crippen LogP contribution in [0.5, 0.6) is 0 Å². The second kappa shape index (κ2) is 3.34. The molecule has 1 aliphatic carbocycles. The van der Waals surface area contributed by atoms with E-state index in [1.165, 1.54) is 5.56 Å². The van der Waals surface area contributed by atoms with Gasteiger partial charge in [-0.1, -0.05) is 0 Å². The van der Waals surface area contributed by atoms with E-state index >= 15 is 0 Å². The highest BCUT2D eigenvalue weighted by molar-refractivity contribution is 5.49. The molecule has 0 radical (unpaired) electrons. The first-order valence-corrected chi connectivity index (χ1v) is 4.68. The van der Waals surface area contributed by atoms with Crippen LogP contribution < -0.4 is 11.1 Å². The molecule has 0 unspecified atom stereocenters. The van der Waals surface area contributed by atoms with Crippen molar-refractivity contribution in [3.05, 3.63) is 24.0 Å². The molecule has 0 spiro atoms. The second-order valence-electron chi connectivity index (χ2n) is 3.76. The molecule has 3 nitrogen and oxygen atoms in total. The number of aryl methyl sites for hydroxylation is 1. The Labute approximate surface area is 78.4 Å². The smallest absolute Gasteiger partial charge is 0.0558 e. The molecule has 3 N–H and O–H groups in total. The van der Waals surface area contributed by atoms with Crippen molar-refractivity contribution in [3.8, 4) is 0 Å². The number of aromatic nitrogens is 1. The highest BCUT2D eigenvalue weighted by Crippen LogP contribution is 2.23. The van der Waals surface area contributed by atoms with Crippen LogP contribution in [0.4, 0.5) is 5.69 Å². The highest BCUT2D eigenvalue weighted by Gasteiger charge is 2.25. The summed E-state index contributed by atoms with van der Waals surface area (Å²) in [6.07, 6.45) is 5.84. The van der Waals surface area contributed by atoms with Crippen LogP contribution in [0.15, 0.2) is 18.5 Å². The topological polar surface area (TPSA) is 50.9 Å². The van der Waals surface area contributed by atoms with Crippen LogP contribution in [0.1, 0.15) is 18.4 Å². The van der Waals surface area contributed by atoms with Crippen molar-refractivity contribution >= 4 is 5.69 Å². The number of nitrogens with zero attached hydrogens (tertiary/aromatic N) is 1. The van der Waals surface area contributed by atoms with Gasteiger partial charge in [0.05, 0.1) is 11.9 Å². The Kier molecular flexibility index (Phi) is 2.19. The Morgan fingerprint density at radius 3 is 2.92 bits per heavy atom. The van der Waals surface area contributed by atoms with Gasteiger partial charge in [0.2, 0.25) is 0 Å². The summed E-state index contributed by atoms with van der Waals surface area (Å²) < 4.78 is 0. The molecular formula is C10H15N3. The van der Waals surface area contributed by atoms with Gasteiger partial charge < -0.3 is 11.1 Å². The lowest BCUT2D eigenvalue weighted by Crippen LogP contribution is -2.44. The highest BCUT2D eigenvalue weighted by atomic mass is 15.0. The van der Waals surface area contributed by atoms with Crippen molar-refractivity contribution in [2.75, 3.05) is 5.32 Å². The van der Waals surface area contributed by atoms with Crippen LogP contribution in [0.25, 0.3) is 0 Å². The Hall–Kier alpha value is -1.09. The van der Waals surface area contributed by atoms with E-state index in [2.05, 4.69) is 17.2 Å². The summed E-state index contributed by atoms with van der Waals surface area (Å²) in [7, 11) is 0. The second-order valence-corrected chi connectivity index (χ2v) is 3.76. The Morgan fingerprint density at radius 1 is 1.54 bits per heavy atom. The number of hydrogen-bond acceptors (Lipinski definition) is 3. The van der Waals surface area contributed by atoms with E-state index in [0.717, 1.165) is 18.5 Å². The third-order valence-corrected chi connectivity index (χ3v) is 2.57.